The average Bonchev–Trinajstić information content (AvgIpc) is 1.79. The van der Waals surface area contributed by atoms with Gasteiger partial charge in [-0.3, -0.25) is 0 Å². The van der Waals surface area contributed by atoms with Gasteiger partial charge in [0, 0.05) is 0 Å². The smallest absolute Gasteiger partial charge is 0.135 e. The molecule has 0 aliphatic carbocycles. The third-order valence-corrected chi connectivity index (χ3v) is 0.835. The maximum Gasteiger partial charge on any atom is 0.135 e. The average molecular weight is 124 g/mol. The van der Waals surface area contributed by atoms with Crippen LogP contribution in [0.3, 0.4) is 0 Å². The molecule has 0 unspecified atom stereocenters. The van der Waals surface area contributed by atoms with E-state index in [1.165, 1.54) is 0 Å². The Labute approximate surface area is 53.4 Å². The van der Waals surface area contributed by atoms with Crippen molar-refractivity contribution < 1.29 is 8.83 Å². The van der Waals surface area contributed by atoms with Gasteiger partial charge in [-0.2, -0.15) is 0 Å². The first-order valence-electron chi connectivity index (χ1n) is 2.70. The number of aryl methyl sites for hydroxylation is 1. The first-order valence-corrected chi connectivity index (χ1v) is 2.70. The molecule has 0 saturated carbocycles. The van der Waals surface area contributed by atoms with E-state index in [0.717, 1.165) is 5.76 Å². The summed E-state index contributed by atoms with van der Waals surface area (Å²) in [4.78, 5) is 0. The highest BCUT2D eigenvalue weighted by Gasteiger charge is 1.74. The molecule has 0 fully saturated rings. The second kappa shape index (κ2) is 2.97. The lowest BCUT2D eigenvalue weighted by atomic mass is 10.6. The molecule has 2 nitrogen and oxygen atoms in total. The van der Waals surface area contributed by atoms with E-state index in [2.05, 4.69) is 0 Å². The Morgan fingerprint density at radius 3 is 2.89 bits per heavy atom. The van der Waals surface area contributed by atoms with Gasteiger partial charge in [0.1, 0.15) is 12.0 Å². The predicted molar refractivity (Wildman–Crippen MR) is 33.3 cm³/mol. The van der Waals surface area contributed by atoms with E-state index in [4.69, 9.17) is 8.83 Å². The molecule has 0 atom stereocenters. The lowest BCUT2D eigenvalue weighted by Gasteiger charge is -1.82. The van der Waals surface area contributed by atoms with Crippen molar-refractivity contribution in [3.63, 3.8) is 0 Å². The van der Waals surface area contributed by atoms with Crippen LogP contribution < -0.4 is 0 Å². The van der Waals surface area contributed by atoms with Gasteiger partial charge in [0.15, 0.2) is 0 Å². The summed E-state index contributed by atoms with van der Waals surface area (Å²) in [5, 5.41) is 0. The lowest BCUT2D eigenvalue weighted by molar-refractivity contribution is 0.466. The molecule has 0 spiro atoms. The highest BCUT2D eigenvalue weighted by molar-refractivity contribution is 4.82. The molecule has 0 aliphatic rings. The SMILES string of the molecule is Cc1cocccco1. The van der Waals surface area contributed by atoms with Gasteiger partial charge < -0.3 is 8.83 Å². The fourth-order valence-electron chi connectivity index (χ4n) is 0.446. The molecule has 0 radical (unpaired) electrons. The summed E-state index contributed by atoms with van der Waals surface area (Å²) in [6, 6.07) is 3.51. The van der Waals surface area contributed by atoms with Gasteiger partial charge in [-0.15, -0.1) is 0 Å². The van der Waals surface area contributed by atoms with Gasteiger partial charge in [-0.05, 0) is 19.1 Å². The van der Waals surface area contributed by atoms with E-state index in [1.54, 1.807) is 30.9 Å². The van der Waals surface area contributed by atoms with Gasteiger partial charge in [0.2, 0.25) is 0 Å². The molecule has 1 heterocycles. The quantitative estimate of drug-likeness (QED) is 0.530. The fourth-order valence-corrected chi connectivity index (χ4v) is 0.446. The monoisotopic (exact) mass is 124 g/mol. The van der Waals surface area contributed by atoms with E-state index < -0.39 is 0 Å². The van der Waals surface area contributed by atoms with Crippen molar-refractivity contribution in [2.75, 3.05) is 0 Å². The Kier molecular flexibility index (Phi) is 1.96. The van der Waals surface area contributed by atoms with Crippen LogP contribution >= 0.6 is 0 Å². The second-order valence-corrected chi connectivity index (χ2v) is 1.64. The van der Waals surface area contributed by atoms with Crippen LogP contribution in [0.5, 0.6) is 0 Å². The molecule has 0 aliphatic heterocycles. The molecule has 2 heteroatoms. The molecule has 1 rings (SSSR count). The van der Waals surface area contributed by atoms with Crippen LogP contribution in [0.25, 0.3) is 0 Å². The first kappa shape index (κ1) is 5.95. The second-order valence-electron chi connectivity index (χ2n) is 1.64. The van der Waals surface area contributed by atoms with E-state index >= 15 is 0 Å². The molecule has 48 valence electrons. The van der Waals surface area contributed by atoms with Crippen LogP contribution in [0.1, 0.15) is 5.76 Å². The zero-order chi connectivity index (χ0) is 6.53. The van der Waals surface area contributed by atoms with Gasteiger partial charge in [-0.25, -0.2) is 0 Å². The minimum atomic E-state index is 0.746. The molecule has 0 N–H and O–H groups in total. The van der Waals surface area contributed by atoms with Crippen LogP contribution in [0.4, 0.5) is 0 Å². The van der Waals surface area contributed by atoms with E-state index in [9.17, 15) is 0 Å². The lowest BCUT2D eigenvalue weighted by Crippen LogP contribution is -1.61. The van der Waals surface area contributed by atoms with Crippen LogP contribution in [0.15, 0.2) is 39.8 Å². The molecule has 0 bridgehead atoms. The molecule has 1 aromatic rings. The summed E-state index contributed by atoms with van der Waals surface area (Å²) in [5.74, 6) is 0.746. The van der Waals surface area contributed by atoms with Crippen molar-refractivity contribution in [2.45, 2.75) is 6.92 Å². The van der Waals surface area contributed by atoms with E-state index in [0.29, 0.717) is 0 Å². The Bertz CT molecular complexity index is 189. The Balaban J connectivity index is 3.08. The molecular formula is C7H8O2. The summed E-state index contributed by atoms with van der Waals surface area (Å²) in [5.41, 5.74) is 0. The summed E-state index contributed by atoms with van der Waals surface area (Å²) < 4.78 is 9.85. The highest BCUT2D eigenvalue weighted by atomic mass is 16.4. The fraction of sp³-hybridized carbons (Fsp3) is 0.143. The van der Waals surface area contributed by atoms with Crippen LogP contribution in [-0.2, 0) is 0 Å². The molecule has 1 aromatic heterocycles. The predicted octanol–water partition coefficient (Wildman–Crippen LogP) is 2.31. The molecule has 9 heavy (non-hydrogen) atoms. The van der Waals surface area contributed by atoms with Crippen molar-refractivity contribution in [1.29, 1.82) is 0 Å². The summed E-state index contributed by atoms with van der Waals surface area (Å²) >= 11 is 0. The highest BCUT2D eigenvalue weighted by Crippen LogP contribution is 1.90. The summed E-state index contributed by atoms with van der Waals surface area (Å²) in [6.45, 7) is 1.82. The molecular weight excluding hydrogens is 116 g/mol. The number of hydrogen-bond acceptors (Lipinski definition) is 2. The van der Waals surface area contributed by atoms with Crippen molar-refractivity contribution >= 4 is 0 Å². The minimum Gasteiger partial charge on any atom is -0.469 e. The van der Waals surface area contributed by atoms with E-state index in [1.807, 2.05) is 6.92 Å². The Morgan fingerprint density at radius 1 is 1.22 bits per heavy atom. The molecule has 0 amide bonds. The van der Waals surface area contributed by atoms with Gasteiger partial charge in [0.25, 0.3) is 0 Å². The zero-order valence-corrected chi connectivity index (χ0v) is 5.20. The zero-order valence-electron chi connectivity index (χ0n) is 5.20. The first-order chi connectivity index (χ1) is 4.39. The minimum absolute atomic E-state index is 0.746. The summed E-state index contributed by atoms with van der Waals surface area (Å²) in [7, 11) is 0. The summed E-state index contributed by atoms with van der Waals surface area (Å²) in [6.07, 6.45) is 4.73. The van der Waals surface area contributed by atoms with Crippen LogP contribution in [-0.4, -0.2) is 0 Å². The Hall–Kier alpha value is -1.18. The molecule has 0 aromatic carbocycles. The van der Waals surface area contributed by atoms with Gasteiger partial charge >= 0.3 is 0 Å². The normalized spacial score (nSPS) is 8.56. The number of rotatable bonds is 0. The topological polar surface area (TPSA) is 26.3 Å². The maximum atomic E-state index is 4.99. The Morgan fingerprint density at radius 2 is 2.00 bits per heavy atom. The van der Waals surface area contributed by atoms with Crippen molar-refractivity contribution in [3.8, 4) is 0 Å². The van der Waals surface area contributed by atoms with E-state index in [-0.39, 0.29) is 0 Å². The largest absolute Gasteiger partial charge is 0.469 e. The maximum absolute atomic E-state index is 4.99. The van der Waals surface area contributed by atoms with Crippen molar-refractivity contribution in [3.05, 3.63) is 36.7 Å². The third-order valence-electron chi connectivity index (χ3n) is 0.835. The molecule has 0 saturated heterocycles. The number of hydrogen-bond donors (Lipinski definition) is 0. The van der Waals surface area contributed by atoms with Crippen LogP contribution in [0, 0.1) is 6.92 Å². The standard InChI is InChI=1S/C7H8O2/c1-7-6-8-4-2-3-5-9-7/h2-6H,1H3. The van der Waals surface area contributed by atoms with Crippen molar-refractivity contribution in [2.24, 2.45) is 0 Å². The van der Waals surface area contributed by atoms with Gasteiger partial charge in [0.05, 0.1) is 12.5 Å². The van der Waals surface area contributed by atoms with Gasteiger partial charge in [-0.1, -0.05) is 0 Å². The van der Waals surface area contributed by atoms with Crippen LogP contribution in [0.2, 0.25) is 0 Å². The third kappa shape index (κ3) is 2.04. The van der Waals surface area contributed by atoms with Crippen molar-refractivity contribution in [1.82, 2.24) is 0 Å².